The first-order chi connectivity index (χ1) is 10.4. The number of halogens is 3. The minimum Gasteiger partial charge on any atom is -0.508 e. The quantitative estimate of drug-likeness (QED) is 0.482. The molecule has 1 amide bonds. The number of phenolic OH excluding ortho intramolecular Hbond substituents is 1. The molecule has 0 aliphatic heterocycles. The van der Waals surface area contributed by atoms with Crippen molar-refractivity contribution in [3.63, 3.8) is 0 Å². The van der Waals surface area contributed by atoms with Crippen LogP contribution in [0.3, 0.4) is 0 Å². The van der Waals surface area contributed by atoms with Gasteiger partial charge in [0.25, 0.3) is 5.91 Å². The van der Waals surface area contributed by atoms with Crippen molar-refractivity contribution in [3.8, 4) is 5.75 Å². The second-order valence-electron chi connectivity index (χ2n) is 4.41. The van der Waals surface area contributed by atoms with E-state index in [1.165, 1.54) is 24.3 Å². The number of amides is 1. The molecule has 0 atom stereocenters. The summed E-state index contributed by atoms with van der Waals surface area (Å²) in [4.78, 5) is 11.9. The fourth-order valence-corrected chi connectivity index (χ4v) is 2.35. The number of hydrogen-bond acceptors (Lipinski definition) is 3. The molecule has 2 N–H and O–H groups in total. The number of hydrogen-bond donors (Lipinski definition) is 2. The maximum absolute atomic E-state index is 11.9. The first-order valence-electron chi connectivity index (χ1n) is 6.17. The van der Waals surface area contributed by atoms with Crippen LogP contribution in [0.4, 0.5) is 0 Å². The highest BCUT2D eigenvalue weighted by molar-refractivity contribution is 6.49. The van der Waals surface area contributed by atoms with Crippen molar-refractivity contribution in [2.75, 3.05) is 0 Å². The largest absolute Gasteiger partial charge is 0.508 e. The molecule has 0 unspecified atom stereocenters. The summed E-state index contributed by atoms with van der Waals surface area (Å²) < 4.78 is 0. The van der Waals surface area contributed by atoms with Crippen molar-refractivity contribution in [1.82, 2.24) is 5.43 Å². The molecule has 7 heteroatoms. The number of rotatable bonds is 3. The van der Waals surface area contributed by atoms with Gasteiger partial charge in [-0.25, -0.2) is 5.43 Å². The molecule has 0 aliphatic carbocycles. The lowest BCUT2D eigenvalue weighted by atomic mass is 10.1. The Bertz CT molecular complexity index is 743. The fraction of sp³-hybridized carbons (Fsp3) is 0.0667. The van der Waals surface area contributed by atoms with E-state index >= 15 is 0 Å². The molecule has 0 radical (unpaired) electrons. The molecule has 2 aromatic rings. The highest BCUT2D eigenvalue weighted by Gasteiger charge is 2.11. The molecule has 2 aromatic carbocycles. The van der Waals surface area contributed by atoms with Crippen molar-refractivity contribution in [2.45, 2.75) is 6.92 Å². The molecule has 0 fully saturated rings. The molecule has 0 saturated carbocycles. The Hall–Kier alpha value is -1.75. The monoisotopic (exact) mass is 356 g/mol. The number of carbonyl (C=O) groups is 1. The van der Waals surface area contributed by atoms with E-state index in [4.69, 9.17) is 34.8 Å². The molecule has 0 aromatic heterocycles. The number of carbonyl (C=O) groups excluding carboxylic acids is 1. The number of nitrogens with one attached hydrogen (secondary N) is 1. The van der Waals surface area contributed by atoms with E-state index in [-0.39, 0.29) is 15.8 Å². The number of nitrogens with zero attached hydrogens (tertiary/aromatic N) is 1. The van der Waals surface area contributed by atoms with Crippen LogP contribution in [0.1, 0.15) is 22.8 Å². The fourth-order valence-electron chi connectivity index (χ4n) is 1.68. The van der Waals surface area contributed by atoms with Gasteiger partial charge < -0.3 is 5.11 Å². The second-order valence-corrected chi connectivity index (χ2v) is 5.57. The first-order valence-corrected chi connectivity index (χ1v) is 7.31. The third-order valence-electron chi connectivity index (χ3n) is 2.88. The van der Waals surface area contributed by atoms with Gasteiger partial charge >= 0.3 is 0 Å². The molecule has 114 valence electrons. The molecule has 0 saturated heterocycles. The van der Waals surface area contributed by atoms with E-state index in [0.717, 1.165) is 0 Å². The van der Waals surface area contributed by atoms with Gasteiger partial charge in [-0.1, -0.05) is 40.9 Å². The average Bonchev–Trinajstić information content (AvgIpc) is 2.51. The van der Waals surface area contributed by atoms with Gasteiger partial charge in [0.15, 0.2) is 0 Å². The second kappa shape index (κ2) is 7.01. The number of hydrazone groups is 1. The highest BCUT2D eigenvalue weighted by atomic mass is 35.5. The molecular weight excluding hydrogens is 347 g/mol. The van der Waals surface area contributed by atoms with Gasteiger partial charge in [-0.2, -0.15) is 5.10 Å². The Morgan fingerprint density at radius 3 is 2.32 bits per heavy atom. The van der Waals surface area contributed by atoms with Gasteiger partial charge in [0, 0.05) is 11.1 Å². The summed E-state index contributed by atoms with van der Waals surface area (Å²) in [5.74, 6) is -0.325. The maximum atomic E-state index is 11.9. The summed E-state index contributed by atoms with van der Waals surface area (Å²) in [6, 6.07) is 9.08. The van der Waals surface area contributed by atoms with Crippen molar-refractivity contribution in [3.05, 3.63) is 62.6 Å². The third kappa shape index (κ3) is 3.71. The van der Waals surface area contributed by atoms with Crippen LogP contribution in [0.25, 0.3) is 0 Å². The lowest BCUT2D eigenvalue weighted by Crippen LogP contribution is -2.19. The van der Waals surface area contributed by atoms with Gasteiger partial charge in [0.1, 0.15) is 5.75 Å². The van der Waals surface area contributed by atoms with Crippen LogP contribution in [0.5, 0.6) is 5.75 Å². The predicted octanol–water partition coefficient (Wildman–Crippen LogP) is 4.51. The summed E-state index contributed by atoms with van der Waals surface area (Å²) >= 11 is 17.9. The van der Waals surface area contributed by atoms with Gasteiger partial charge in [-0.3, -0.25) is 4.79 Å². The molecule has 0 heterocycles. The summed E-state index contributed by atoms with van der Waals surface area (Å²) in [5.41, 5.74) is 3.83. The van der Waals surface area contributed by atoms with Gasteiger partial charge in [-0.15, -0.1) is 0 Å². The topological polar surface area (TPSA) is 61.7 Å². The number of aromatic hydroxyl groups is 1. The van der Waals surface area contributed by atoms with E-state index in [0.29, 0.717) is 21.9 Å². The normalized spacial score (nSPS) is 11.4. The van der Waals surface area contributed by atoms with E-state index in [9.17, 15) is 9.90 Å². The molecule has 2 rings (SSSR count). The molecule has 0 bridgehead atoms. The summed E-state index contributed by atoms with van der Waals surface area (Å²) in [7, 11) is 0. The minimum atomic E-state index is -0.407. The van der Waals surface area contributed by atoms with Gasteiger partial charge in [-0.05, 0) is 37.3 Å². The standard InChI is InChI=1S/C15H11Cl3N2O2/c1-8(11-6-7-12(16)14(18)13(11)17)19-20-15(22)9-2-4-10(21)5-3-9/h2-7,21H,1H3,(H,20,22). The van der Waals surface area contributed by atoms with E-state index < -0.39 is 5.91 Å². The molecule has 0 spiro atoms. The Morgan fingerprint density at radius 2 is 1.68 bits per heavy atom. The zero-order chi connectivity index (χ0) is 16.3. The Kier molecular flexibility index (Phi) is 5.29. The van der Waals surface area contributed by atoms with Crippen LogP contribution >= 0.6 is 34.8 Å². The lowest BCUT2D eigenvalue weighted by Gasteiger charge is -2.07. The van der Waals surface area contributed by atoms with Crippen LogP contribution in [-0.4, -0.2) is 16.7 Å². The van der Waals surface area contributed by atoms with E-state index in [1.54, 1.807) is 19.1 Å². The van der Waals surface area contributed by atoms with Crippen LogP contribution in [0.15, 0.2) is 41.5 Å². The Morgan fingerprint density at radius 1 is 1.05 bits per heavy atom. The zero-order valence-electron chi connectivity index (χ0n) is 11.4. The van der Waals surface area contributed by atoms with Crippen molar-refractivity contribution >= 4 is 46.4 Å². The van der Waals surface area contributed by atoms with Crippen LogP contribution in [-0.2, 0) is 0 Å². The van der Waals surface area contributed by atoms with Crippen molar-refractivity contribution < 1.29 is 9.90 Å². The van der Waals surface area contributed by atoms with E-state index in [2.05, 4.69) is 10.5 Å². The molecule has 22 heavy (non-hydrogen) atoms. The molecule has 0 aliphatic rings. The Balaban J connectivity index is 2.18. The Labute approximate surface area is 142 Å². The summed E-state index contributed by atoms with van der Waals surface area (Å²) in [5, 5.41) is 14.0. The number of phenols is 1. The SMILES string of the molecule is CC(=NNC(=O)c1ccc(O)cc1)c1ccc(Cl)c(Cl)c1Cl. The summed E-state index contributed by atoms with van der Waals surface area (Å²) in [6.45, 7) is 1.68. The van der Waals surface area contributed by atoms with Gasteiger partial charge in [0.05, 0.1) is 20.8 Å². The first kappa shape index (κ1) is 16.6. The minimum absolute atomic E-state index is 0.0822. The average molecular weight is 358 g/mol. The maximum Gasteiger partial charge on any atom is 0.271 e. The third-order valence-corrected chi connectivity index (χ3v) is 4.17. The highest BCUT2D eigenvalue weighted by Crippen LogP contribution is 2.32. The van der Waals surface area contributed by atoms with Crippen LogP contribution < -0.4 is 5.43 Å². The number of benzene rings is 2. The predicted molar refractivity (Wildman–Crippen MR) is 89.3 cm³/mol. The van der Waals surface area contributed by atoms with Crippen molar-refractivity contribution in [2.24, 2.45) is 5.10 Å². The van der Waals surface area contributed by atoms with E-state index in [1.807, 2.05) is 0 Å². The molecular formula is C15H11Cl3N2O2. The van der Waals surface area contributed by atoms with Crippen LogP contribution in [0.2, 0.25) is 15.1 Å². The van der Waals surface area contributed by atoms with Gasteiger partial charge in [0.2, 0.25) is 0 Å². The molecule has 4 nitrogen and oxygen atoms in total. The summed E-state index contributed by atoms with van der Waals surface area (Å²) in [6.07, 6.45) is 0. The lowest BCUT2D eigenvalue weighted by molar-refractivity contribution is 0.0955. The van der Waals surface area contributed by atoms with Crippen LogP contribution in [0, 0.1) is 0 Å². The van der Waals surface area contributed by atoms with Crippen molar-refractivity contribution in [1.29, 1.82) is 0 Å². The smallest absolute Gasteiger partial charge is 0.271 e. The zero-order valence-corrected chi connectivity index (χ0v) is 13.7.